The Morgan fingerprint density at radius 2 is 2.00 bits per heavy atom. The molecule has 0 bridgehead atoms. The molecule has 1 N–H and O–H groups in total. The van der Waals surface area contributed by atoms with E-state index in [1.807, 2.05) is 23.3 Å². The van der Waals surface area contributed by atoms with Gasteiger partial charge in [-0.15, -0.1) is 0 Å². The lowest BCUT2D eigenvalue weighted by molar-refractivity contribution is 0.416. The monoisotopic (exact) mass is 262 g/mol. The fraction of sp³-hybridized carbons (Fsp3) is 0.615. The highest BCUT2D eigenvalue weighted by Gasteiger charge is 2.11. The highest BCUT2D eigenvalue weighted by atomic mass is 15.4. The summed E-state index contributed by atoms with van der Waals surface area (Å²) in [6, 6.07) is 2.06. The van der Waals surface area contributed by atoms with E-state index in [9.17, 15) is 0 Å². The maximum absolute atomic E-state index is 4.46. The predicted molar refractivity (Wildman–Crippen MR) is 73.7 cm³/mol. The fourth-order valence-electron chi connectivity index (χ4n) is 1.81. The van der Waals surface area contributed by atoms with Crippen molar-refractivity contribution in [2.45, 2.75) is 46.3 Å². The lowest BCUT2D eigenvalue weighted by atomic mass is 10.1. The van der Waals surface area contributed by atoms with Crippen molar-refractivity contribution in [3.8, 4) is 0 Å². The fourth-order valence-corrected chi connectivity index (χ4v) is 1.81. The maximum Gasteiger partial charge on any atom is 0.164 e. The first-order valence-corrected chi connectivity index (χ1v) is 6.46. The molecule has 0 fully saturated rings. The zero-order chi connectivity index (χ0) is 14.0. The molecule has 0 spiro atoms. The van der Waals surface area contributed by atoms with Crippen LogP contribution >= 0.6 is 0 Å². The first-order chi connectivity index (χ1) is 8.83. The Morgan fingerprint density at radius 1 is 1.26 bits per heavy atom. The molecule has 0 aliphatic heterocycles. The van der Waals surface area contributed by atoms with Gasteiger partial charge in [-0.1, -0.05) is 0 Å². The van der Waals surface area contributed by atoms with E-state index in [0.29, 0.717) is 13.1 Å². The van der Waals surface area contributed by atoms with E-state index in [1.165, 1.54) is 0 Å². The van der Waals surface area contributed by atoms with E-state index in [2.05, 4.69) is 47.3 Å². The van der Waals surface area contributed by atoms with E-state index in [1.54, 1.807) is 6.33 Å². The molecule has 2 rings (SSSR count). The maximum atomic E-state index is 4.46. The lowest BCUT2D eigenvalue weighted by Crippen LogP contribution is -2.35. The molecule has 0 unspecified atom stereocenters. The molecule has 0 aromatic carbocycles. The smallest absolute Gasteiger partial charge is 0.164 e. The van der Waals surface area contributed by atoms with Crippen molar-refractivity contribution in [2.24, 2.45) is 7.05 Å². The molecule has 0 atom stereocenters. The molecule has 19 heavy (non-hydrogen) atoms. The normalized spacial score (nSPS) is 12.1. The Labute approximate surface area is 113 Å². The number of nitrogens with one attached hydrogen (secondary N) is 1. The SMILES string of the molecule is Cc1cc(Cn2cnc(CNC(C)(C)C)n2)n(C)n1. The van der Waals surface area contributed by atoms with Gasteiger partial charge in [-0.2, -0.15) is 10.2 Å². The molecule has 0 amide bonds. The van der Waals surface area contributed by atoms with E-state index in [4.69, 9.17) is 0 Å². The number of rotatable bonds is 4. The minimum Gasteiger partial charge on any atom is -0.305 e. The summed E-state index contributed by atoms with van der Waals surface area (Å²) in [6.45, 7) is 9.75. The van der Waals surface area contributed by atoms with Crippen LogP contribution in [0.25, 0.3) is 0 Å². The van der Waals surface area contributed by atoms with Crippen LogP contribution in [0.15, 0.2) is 12.4 Å². The van der Waals surface area contributed by atoms with Gasteiger partial charge < -0.3 is 5.32 Å². The van der Waals surface area contributed by atoms with Crippen LogP contribution in [-0.4, -0.2) is 30.1 Å². The number of hydrogen-bond acceptors (Lipinski definition) is 4. The molecular weight excluding hydrogens is 240 g/mol. The van der Waals surface area contributed by atoms with Crippen LogP contribution in [0, 0.1) is 6.92 Å². The number of nitrogens with zero attached hydrogens (tertiary/aromatic N) is 5. The minimum absolute atomic E-state index is 0.0740. The second-order valence-electron chi connectivity index (χ2n) is 5.86. The summed E-state index contributed by atoms with van der Waals surface area (Å²) in [4.78, 5) is 4.31. The van der Waals surface area contributed by atoms with E-state index >= 15 is 0 Å². The van der Waals surface area contributed by atoms with Crippen molar-refractivity contribution in [1.29, 1.82) is 0 Å². The third-order valence-corrected chi connectivity index (χ3v) is 2.78. The predicted octanol–water partition coefficient (Wildman–Crippen LogP) is 1.26. The van der Waals surface area contributed by atoms with Gasteiger partial charge in [0.2, 0.25) is 0 Å². The Bertz CT molecular complexity index is 546. The summed E-state index contributed by atoms with van der Waals surface area (Å²) in [6.07, 6.45) is 1.77. The number of aromatic nitrogens is 5. The van der Waals surface area contributed by atoms with Gasteiger partial charge in [0, 0.05) is 12.6 Å². The van der Waals surface area contributed by atoms with Gasteiger partial charge in [0.15, 0.2) is 5.82 Å². The first-order valence-electron chi connectivity index (χ1n) is 6.46. The van der Waals surface area contributed by atoms with Gasteiger partial charge in [0.05, 0.1) is 24.5 Å². The molecule has 2 aromatic rings. The van der Waals surface area contributed by atoms with Crippen molar-refractivity contribution in [2.75, 3.05) is 0 Å². The largest absolute Gasteiger partial charge is 0.305 e. The summed E-state index contributed by atoms with van der Waals surface area (Å²) in [7, 11) is 1.95. The van der Waals surface area contributed by atoms with Crippen LogP contribution in [0.5, 0.6) is 0 Å². The van der Waals surface area contributed by atoms with Gasteiger partial charge in [-0.3, -0.25) is 4.68 Å². The highest BCUT2D eigenvalue weighted by molar-refractivity contribution is 5.08. The van der Waals surface area contributed by atoms with Crippen LogP contribution in [0.1, 0.15) is 38.0 Å². The topological polar surface area (TPSA) is 60.6 Å². The van der Waals surface area contributed by atoms with Crippen LogP contribution < -0.4 is 5.32 Å². The number of aryl methyl sites for hydroxylation is 2. The van der Waals surface area contributed by atoms with Crippen molar-refractivity contribution >= 4 is 0 Å². The third-order valence-electron chi connectivity index (χ3n) is 2.78. The van der Waals surface area contributed by atoms with Crippen molar-refractivity contribution in [3.05, 3.63) is 29.6 Å². The van der Waals surface area contributed by atoms with Gasteiger partial charge in [0.1, 0.15) is 6.33 Å². The third kappa shape index (κ3) is 3.89. The van der Waals surface area contributed by atoms with E-state index in [0.717, 1.165) is 17.2 Å². The van der Waals surface area contributed by atoms with Gasteiger partial charge in [-0.05, 0) is 33.8 Å². The zero-order valence-corrected chi connectivity index (χ0v) is 12.3. The second kappa shape index (κ2) is 5.13. The lowest BCUT2D eigenvalue weighted by Gasteiger charge is -2.19. The van der Waals surface area contributed by atoms with Crippen LogP contribution in [0.2, 0.25) is 0 Å². The average molecular weight is 262 g/mol. The second-order valence-corrected chi connectivity index (χ2v) is 5.86. The van der Waals surface area contributed by atoms with Crippen LogP contribution in [-0.2, 0) is 20.1 Å². The van der Waals surface area contributed by atoms with Crippen molar-refractivity contribution in [1.82, 2.24) is 29.9 Å². The highest BCUT2D eigenvalue weighted by Crippen LogP contribution is 2.05. The summed E-state index contributed by atoms with van der Waals surface area (Å²) >= 11 is 0. The van der Waals surface area contributed by atoms with Crippen molar-refractivity contribution in [3.63, 3.8) is 0 Å². The molecule has 0 radical (unpaired) electrons. The first kappa shape index (κ1) is 13.7. The van der Waals surface area contributed by atoms with E-state index < -0.39 is 0 Å². The average Bonchev–Trinajstić information content (AvgIpc) is 2.83. The summed E-state index contributed by atoms with van der Waals surface area (Å²) < 4.78 is 3.72. The van der Waals surface area contributed by atoms with Gasteiger partial charge >= 0.3 is 0 Å². The Balaban J connectivity index is 1.99. The van der Waals surface area contributed by atoms with Crippen LogP contribution in [0.3, 0.4) is 0 Å². The van der Waals surface area contributed by atoms with E-state index in [-0.39, 0.29) is 5.54 Å². The molecule has 2 aromatic heterocycles. The number of hydrogen-bond donors (Lipinski definition) is 1. The quantitative estimate of drug-likeness (QED) is 0.901. The molecule has 2 heterocycles. The molecule has 0 saturated heterocycles. The Kier molecular flexibility index (Phi) is 3.71. The molecular formula is C13H22N6. The zero-order valence-electron chi connectivity index (χ0n) is 12.3. The summed E-state index contributed by atoms with van der Waals surface area (Å²) in [5.41, 5.74) is 2.22. The molecule has 0 aliphatic rings. The molecule has 6 heteroatoms. The summed E-state index contributed by atoms with van der Waals surface area (Å²) in [5.74, 6) is 0.814. The molecule has 104 valence electrons. The Morgan fingerprint density at radius 3 is 2.58 bits per heavy atom. The van der Waals surface area contributed by atoms with Crippen molar-refractivity contribution < 1.29 is 0 Å². The molecule has 6 nitrogen and oxygen atoms in total. The summed E-state index contributed by atoms with van der Waals surface area (Å²) in [5, 5.41) is 12.2. The van der Waals surface area contributed by atoms with Gasteiger partial charge in [0.25, 0.3) is 0 Å². The van der Waals surface area contributed by atoms with Crippen LogP contribution in [0.4, 0.5) is 0 Å². The minimum atomic E-state index is 0.0740. The Hall–Kier alpha value is -1.69. The van der Waals surface area contributed by atoms with Gasteiger partial charge in [-0.25, -0.2) is 9.67 Å². The molecule has 0 aliphatic carbocycles. The molecule has 0 saturated carbocycles. The standard InChI is InChI=1S/C13H22N6/c1-10-6-11(18(5)16-10)8-19-9-14-12(17-19)7-15-13(2,3)4/h6,9,15H,7-8H2,1-5H3.